The molecule has 0 aliphatic heterocycles. The molecule has 0 saturated heterocycles. The zero-order valence-corrected chi connectivity index (χ0v) is 42.7. The van der Waals surface area contributed by atoms with Crippen LogP contribution < -0.4 is 15.0 Å². The van der Waals surface area contributed by atoms with Crippen molar-refractivity contribution in [3.8, 4) is 22.3 Å². The molecule has 0 radical (unpaired) electrons. The van der Waals surface area contributed by atoms with E-state index >= 15 is 0 Å². The Kier molecular flexibility index (Phi) is 10.4. The van der Waals surface area contributed by atoms with Crippen molar-refractivity contribution in [2.75, 3.05) is 9.80 Å². The van der Waals surface area contributed by atoms with Gasteiger partial charge in [0.05, 0.1) is 13.5 Å². The summed E-state index contributed by atoms with van der Waals surface area (Å²) in [5, 5.41) is 6.72. The minimum atomic E-state index is -1.60. The predicted octanol–water partition coefficient (Wildman–Crippen LogP) is 18.4. The Bertz CT molecular complexity index is 3630. The van der Waals surface area contributed by atoms with Crippen molar-refractivity contribution < 1.29 is 0 Å². The quantitative estimate of drug-likeness (QED) is 0.133. The number of para-hydroxylation sites is 2. The molecule has 2 nitrogen and oxygen atoms in total. The molecule has 12 rings (SSSR count). The van der Waals surface area contributed by atoms with E-state index in [0.717, 1.165) is 22.7 Å². The zero-order chi connectivity index (χ0) is 48.1. The zero-order valence-electron chi connectivity index (χ0n) is 41.7. The van der Waals surface area contributed by atoms with Crippen molar-refractivity contribution in [1.82, 2.24) is 0 Å². The van der Waals surface area contributed by atoms with Crippen LogP contribution in [0.3, 0.4) is 0 Å². The maximum absolute atomic E-state index is 2.60. The Morgan fingerprint density at radius 1 is 0.357 bits per heavy atom. The van der Waals surface area contributed by atoms with E-state index in [2.05, 4.69) is 270 Å². The fraction of sp³-hybridized carbons (Fsp3) is 0.164. The molecule has 10 aromatic rings. The highest BCUT2D eigenvalue weighted by Crippen LogP contribution is 2.66. The first-order chi connectivity index (χ1) is 33.9. The van der Waals surface area contributed by atoms with Gasteiger partial charge in [0.15, 0.2) is 0 Å². The van der Waals surface area contributed by atoms with E-state index in [1.807, 2.05) is 0 Å². The first kappa shape index (κ1) is 43.8. The molecule has 1 spiro atoms. The van der Waals surface area contributed by atoms with Crippen molar-refractivity contribution in [1.29, 1.82) is 0 Å². The number of hydrogen-bond donors (Lipinski definition) is 0. The third-order valence-corrected chi connectivity index (χ3v) is 17.4. The molecule has 0 N–H and O–H groups in total. The molecule has 0 atom stereocenters. The Labute approximate surface area is 415 Å². The van der Waals surface area contributed by atoms with Gasteiger partial charge in [0, 0.05) is 34.1 Å². The van der Waals surface area contributed by atoms with Crippen LogP contribution in [0.25, 0.3) is 43.8 Å². The van der Waals surface area contributed by atoms with Gasteiger partial charge in [0.25, 0.3) is 0 Å². The third kappa shape index (κ3) is 6.73. The summed E-state index contributed by atoms with van der Waals surface area (Å²) in [6.07, 6.45) is 0. The van der Waals surface area contributed by atoms with Gasteiger partial charge in [-0.3, -0.25) is 0 Å². The molecule has 0 aromatic heterocycles. The number of nitrogens with zero attached hydrogens (tertiary/aromatic N) is 2. The minimum absolute atomic E-state index is 0.282. The van der Waals surface area contributed by atoms with Crippen LogP contribution in [0.1, 0.15) is 78.5 Å². The van der Waals surface area contributed by atoms with Gasteiger partial charge in [-0.25, -0.2) is 0 Å². The first-order valence-electron chi connectivity index (χ1n) is 25.2. The van der Waals surface area contributed by atoms with Crippen LogP contribution >= 0.6 is 0 Å². The van der Waals surface area contributed by atoms with E-state index in [9.17, 15) is 0 Å². The van der Waals surface area contributed by atoms with Crippen LogP contribution in [0, 0.1) is 6.92 Å². The summed E-state index contributed by atoms with van der Waals surface area (Å²) in [7, 11) is -1.60. The van der Waals surface area contributed by atoms with Gasteiger partial charge in [0.2, 0.25) is 0 Å². The molecule has 342 valence electrons. The maximum Gasteiger partial charge on any atom is 0.0776 e. The molecule has 0 bridgehead atoms. The second-order valence-corrected chi connectivity index (χ2v) is 26.4. The summed E-state index contributed by atoms with van der Waals surface area (Å²) in [4.78, 5) is 4.90. The van der Waals surface area contributed by atoms with Crippen molar-refractivity contribution in [3.05, 3.63) is 245 Å². The van der Waals surface area contributed by atoms with E-state index < -0.39 is 13.5 Å². The molecular formula is C67H60N2Si. The second kappa shape index (κ2) is 16.6. The van der Waals surface area contributed by atoms with E-state index in [-0.39, 0.29) is 11.8 Å². The highest BCUT2D eigenvalue weighted by atomic mass is 28.3. The predicted molar refractivity (Wildman–Crippen MR) is 303 cm³/mol. The summed E-state index contributed by atoms with van der Waals surface area (Å²) in [5.41, 5.74) is 21.3. The average Bonchev–Trinajstić information content (AvgIpc) is 3.83. The summed E-state index contributed by atoms with van der Waals surface area (Å²) < 4.78 is 0. The van der Waals surface area contributed by atoms with Gasteiger partial charge in [-0.2, -0.15) is 0 Å². The van der Waals surface area contributed by atoms with E-state index in [1.165, 1.54) is 99.3 Å². The number of hydrogen-bond acceptors (Lipinski definition) is 2. The molecule has 3 heteroatoms. The fourth-order valence-electron chi connectivity index (χ4n) is 12.2. The van der Waals surface area contributed by atoms with Gasteiger partial charge in [-0.05, 0) is 186 Å². The molecular weight excluding hydrogens is 861 g/mol. The molecule has 2 aliphatic rings. The second-order valence-electron chi connectivity index (χ2n) is 21.4. The monoisotopic (exact) mass is 920 g/mol. The smallest absolute Gasteiger partial charge is 0.0776 e. The lowest BCUT2D eigenvalue weighted by Crippen LogP contribution is -2.37. The third-order valence-electron chi connectivity index (χ3n) is 15.3. The minimum Gasteiger partial charge on any atom is -0.310 e. The number of anilines is 6. The molecule has 0 fully saturated rings. The van der Waals surface area contributed by atoms with Gasteiger partial charge in [-0.1, -0.05) is 174 Å². The summed E-state index contributed by atoms with van der Waals surface area (Å²) in [5.74, 6) is 0.566. The van der Waals surface area contributed by atoms with Gasteiger partial charge >= 0.3 is 0 Å². The van der Waals surface area contributed by atoms with E-state index in [0.29, 0.717) is 0 Å². The van der Waals surface area contributed by atoms with Crippen LogP contribution in [0.4, 0.5) is 34.1 Å². The molecule has 70 heavy (non-hydrogen) atoms. The standard InChI is InChI=1S/C67H60N2Si/c1-43(2)57-41-61-62-42-58(44(3)4)60-40-51(69(47-24-13-10-14-25-47)49-27-20-28-52(38-49)70(6,7)8)34-36-56(60)66(62)67(63-31-17-15-29-53(63)54-30-16-18-32-64(54)67)65(61)55-35-33-50(39-59(55)57)68(46-22-11-9-12-23-46)48-26-19-21-45(5)37-48/h9-44H,1-8H3. The van der Waals surface area contributed by atoms with Gasteiger partial charge < -0.3 is 9.80 Å². The largest absolute Gasteiger partial charge is 0.310 e. The molecule has 0 unspecified atom stereocenters. The number of rotatable bonds is 9. The Hall–Kier alpha value is -7.46. The highest BCUT2D eigenvalue weighted by molar-refractivity contribution is 6.88. The average molecular weight is 921 g/mol. The van der Waals surface area contributed by atoms with Crippen LogP contribution in [0.2, 0.25) is 19.6 Å². The highest BCUT2D eigenvalue weighted by Gasteiger charge is 2.54. The van der Waals surface area contributed by atoms with E-state index in [1.54, 1.807) is 0 Å². The first-order valence-corrected chi connectivity index (χ1v) is 28.7. The van der Waals surface area contributed by atoms with E-state index in [4.69, 9.17) is 0 Å². The topological polar surface area (TPSA) is 6.48 Å². The Balaban J connectivity index is 1.18. The summed E-state index contributed by atoms with van der Waals surface area (Å²) in [6, 6.07) is 78.5. The number of aryl methyl sites for hydroxylation is 1. The molecule has 10 aromatic carbocycles. The SMILES string of the molecule is Cc1cccc(N(c2ccccc2)c2ccc3c4c(cc(C(C)C)c3c2)-c2cc(C(C)C)c3cc(N(c5ccccc5)c5cccc([Si](C)(C)C)c5)ccc3c2C42c3ccccc3-c3ccccc32)c1. The molecule has 0 saturated carbocycles. The van der Waals surface area contributed by atoms with Crippen LogP contribution in [0.15, 0.2) is 206 Å². The molecule has 2 aliphatic carbocycles. The molecule has 0 amide bonds. The van der Waals surface area contributed by atoms with Crippen molar-refractivity contribution in [3.63, 3.8) is 0 Å². The van der Waals surface area contributed by atoms with Crippen molar-refractivity contribution in [2.24, 2.45) is 0 Å². The van der Waals surface area contributed by atoms with Crippen molar-refractivity contribution >= 4 is 68.9 Å². The Morgan fingerprint density at radius 2 is 0.771 bits per heavy atom. The van der Waals surface area contributed by atoms with Crippen LogP contribution in [0.5, 0.6) is 0 Å². The van der Waals surface area contributed by atoms with Crippen LogP contribution in [-0.4, -0.2) is 8.07 Å². The normalized spacial score (nSPS) is 13.2. The lowest BCUT2D eigenvalue weighted by Gasteiger charge is -2.34. The lowest BCUT2D eigenvalue weighted by atomic mass is 9.67. The summed E-state index contributed by atoms with van der Waals surface area (Å²) in [6.45, 7) is 19.0. The number of fused-ring (bicyclic) bond motifs is 14. The summed E-state index contributed by atoms with van der Waals surface area (Å²) >= 11 is 0. The molecule has 0 heterocycles. The van der Waals surface area contributed by atoms with Gasteiger partial charge in [-0.15, -0.1) is 0 Å². The number of benzene rings is 10. The maximum atomic E-state index is 2.60. The lowest BCUT2D eigenvalue weighted by molar-refractivity contribution is 0.806. The van der Waals surface area contributed by atoms with Crippen molar-refractivity contribution in [2.45, 2.75) is 71.5 Å². The Morgan fingerprint density at radius 3 is 1.23 bits per heavy atom. The van der Waals surface area contributed by atoms with Gasteiger partial charge in [0.1, 0.15) is 0 Å². The fourth-order valence-corrected chi connectivity index (χ4v) is 13.3. The van der Waals surface area contributed by atoms with Crippen LogP contribution in [-0.2, 0) is 5.41 Å².